The second-order valence-electron chi connectivity index (χ2n) is 4.04. The first kappa shape index (κ1) is 13.5. The van der Waals surface area contributed by atoms with Crippen LogP contribution >= 0.6 is 27.7 Å². The molecule has 1 aromatic carbocycles. The Balaban J connectivity index is 2.21. The van der Waals surface area contributed by atoms with Gasteiger partial charge in [-0.3, -0.25) is 9.59 Å². The highest BCUT2D eigenvalue weighted by molar-refractivity contribution is 9.10. The highest BCUT2D eigenvalue weighted by Crippen LogP contribution is 2.33. The van der Waals surface area contributed by atoms with E-state index in [1.807, 2.05) is 0 Å². The zero-order valence-electron chi connectivity index (χ0n) is 9.65. The number of nitrogens with zero attached hydrogens (tertiary/aromatic N) is 1. The van der Waals surface area contributed by atoms with E-state index in [-0.39, 0.29) is 22.1 Å². The number of amides is 1. The van der Waals surface area contributed by atoms with E-state index in [0.29, 0.717) is 23.1 Å². The van der Waals surface area contributed by atoms with Crippen molar-refractivity contribution in [1.29, 1.82) is 0 Å². The van der Waals surface area contributed by atoms with Crippen molar-refractivity contribution in [1.82, 2.24) is 0 Å². The molecule has 1 amide bonds. The van der Waals surface area contributed by atoms with Gasteiger partial charge in [-0.05, 0) is 34.1 Å². The minimum Gasteiger partial charge on any atom is -0.310 e. The number of benzene rings is 1. The molecule has 96 valence electrons. The Morgan fingerprint density at radius 1 is 1.56 bits per heavy atom. The molecule has 0 saturated carbocycles. The van der Waals surface area contributed by atoms with Crippen LogP contribution in [0.2, 0.25) is 0 Å². The highest BCUT2D eigenvalue weighted by Gasteiger charge is 2.32. The van der Waals surface area contributed by atoms with Crippen molar-refractivity contribution < 1.29 is 14.0 Å². The Kier molecular flexibility index (Phi) is 4.07. The van der Waals surface area contributed by atoms with E-state index in [9.17, 15) is 14.0 Å². The average molecular weight is 332 g/mol. The summed E-state index contributed by atoms with van der Waals surface area (Å²) in [6.07, 6.45) is 0.313. The third-order valence-electron chi connectivity index (χ3n) is 2.62. The molecule has 18 heavy (non-hydrogen) atoms. The lowest BCUT2D eigenvalue weighted by Crippen LogP contribution is -2.25. The third kappa shape index (κ3) is 2.92. The molecule has 6 heteroatoms. The maximum absolute atomic E-state index is 13.2. The van der Waals surface area contributed by atoms with Gasteiger partial charge in [-0.25, -0.2) is 4.39 Å². The lowest BCUT2D eigenvalue weighted by molar-refractivity contribution is -0.117. The summed E-state index contributed by atoms with van der Waals surface area (Å²) in [7, 11) is 0. The zero-order chi connectivity index (χ0) is 13.3. The lowest BCUT2D eigenvalue weighted by atomic mass is 10.3. The van der Waals surface area contributed by atoms with Gasteiger partial charge >= 0.3 is 0 Å². The number of thioether (sulfide) groups is 1. The van der Waals surface area contributed by atoms with Crippen LogP contribution in [0.1, 0.15) is 13.3 Å². The predicted molar refractivity (Wildman–Crippen MR) is 73.1 cm³/mol. The molecule has 0 spiro atoms. The topological polar surface area (TPSA) is 37.4 Å². The van der Waals surface area contributed by atoms with Gasteiger partial charge in [0, 0.05) is 29.6 Å². The number of hydrogen-bond donors (Lipinski definition) is 0. The van der Waals surface area contributed by atoms with Gasteiger partial charge in [0.1, 0.15) is 5.82 Å². The first-order valence-corrected chi connectivity index (χ1v) is 7.07. The van der Waals surface area contributed by atoms with Crippen molar-refractivity contribution in [3.05, 3.63) is 28.5 Å². The first-order valence-electron chi connectivity index (χ1n) is 5.40. The largest absolute Gasteiger partial charge is 0.310 e. The van der Waals surface area contributed by atoms with Crippen LogP contribution in [0.3, 0.4) is 0 Å². The number of anilines is 1. The molecule has 1 saturated heterocycles. The minimum absolute atomic E-state index is 0.00652. The summed E-state index contributed by atoms with van der Waals surface area (Å²) in [5.41, 5.74) is 0.520. The number of halogens is 2. The molecule has 1 unspecified atom stereocenters. The Morgan fingerprint density at radius 3 is 2.94 bits per heavy atom. The standard InChI is InChI=1S/C12H11BrFNO2S/c1-7(16)18-9-5-12(17)15(6-9)11-4-8(14)2-3-10(11)13/h2-4,9H,5-6H2,1H3. The summed E-state index contributed by atoms with van der Waals surface area (Å²) in [6.45, 7) is 1.92. The van der Waals surface area contributed by atoms with Crippen LogP contribution in [0.25, 0.3) is 0 Å². The van der Waals surface area contributed by atoms with Crippen LogP contribution in [0, 0.1) is 5.82 Å². The average Bonchev–Trinajstić information content (AvgIpc) is 2.62. The van der Waals surface area contributed by atoms with Gasteiger partial charge in [0.25, 0.3) is 0 Å². The second kappa shape index (κ2) is 5.40. The van der Waals surface area contributed by atoms with Crippen LogP contribution < -0.4 is 4.90 Å². The Hall–Kier alpha value is -0.880. The van der Waals surface area contributed by atoms with Crippen molar-refractivity contribution >= 4 is 44.4 Å². The van der Waals surface area contributed by atoms with E-state index in [1.54, 1.807) is 6.07 Å². The van der Waals surface area contributed by atoms with Crippen LogP contribution in [-0.2, 0) is 9.59 Å². The Morgan fingerprint density at radius 2 is 2.28 bits per heavy atom. The Bertz CT molecular complexity index is 509. The maximum atomic E-state index is 13.2. The molecule has 0 N–H and O–H groups in total. The second-order valence-corrected chi connectivity index (χ2v) is 6.37. The normalized spacial score (nSPS) is 19.4. The highest BCUT2D eigenvalue weighted by atomic mass is 79.9. The summed E-state index contributed by atoms with van der Waals surface area (Å²) >= 11 is 4.47. The minimum atomic E-state index is -0.385. The SMILES string of the molecule is CC(=O)SC1CC(=O)N(c2cc(F)ccc2Br)C1. The van der Waals surface area contributed by atoms with Gasteiger partial charge in [-0.2, -0.15) is 0 Å². The summed E-state index contributed by atoms with van der Waals surface area (Å²) in [5.74, 6) is -0.469. The van der Waals surface area contributed by atoms with Crippen LogP contribution in [0.5, 0.6) is 0 Å². The molecule has 1 aliphatic rings. The first-order chi connectivity index (χ1) is 8.47. The fourth-order valence-corrected chi connectivity index (χ4v) is 3.29. The van der Waals surface area contributed by atoms with Gasteiger partial charge in [0.05, 0.1) is 5.69 Å². The van der Waals surface area contributed by atoms with Crippen molar-refractivity contribution in [2.24, 2.45) is 0 Å². The van der Waals surface area contributed by atoms with Crippen molar-refractivity contribution in [2.75, 3.05) is 11.4 Å². The number of hydrogen-bond acceptors (Lipinski definition) is 3. The third-order valence-corrected chi connectivity index (χ3v) is 4.27. The van der Waals surface area contributed by atoms with Crippen molar-refractivity contribution in [3.8, 4) is 0 Å². The molecule has 3 nitrogen and oxygen atoms in total. The molecular weight excluding hydrogens is 321 g/mol. The monoisotopic (exact) mass is 331 g/mol. The van der Waals surface area contributed by atoms with Gasteiger partial charge in [0.15, 0.2) is 5.12 Å². The molecule has 0 aromatic heterocycles. The van der Waals surface area contributed by atoms with E-state index in [4.69, 9.17) is 0 Å². The number of carbonyl (C=O) groups is 2. The predicted octanol–water partition coefficient (Wildman–Crippen LogP) is 2.97. The zero-order valence-corrected chi connectivity index (χ0v) is 12.1. The van der Waals surface area contributed by atoms with E-state index in [1.165, 1.54) is 24.0 Å². The summed E-state index contributed by atoms with van der Waals surface area (Å²) in [6, 6.07) is 4.22. The fraction of sp³-hybridized carbons (Fsp3) is 0.333. The van der Waals surface area contributed by atoms with Crippen LogP contribution in [0.4, 0.5) is 10.1 Å². The molecule has 0 aliphatic carbocycles. The molecule has 1 aromatic rings. The smallest absolute Gasteiger partial charge is 0.228 e. The molecule has 0 bridgehead atoms. The number of carbonyl (C=O) groups excluding carboxylic acids is 2. The molecule has 1 heterocycles. The molecular formula is C12H11BrFNO2S. The summed E-state index contributed by atoms with van der Waals surface area (Å²) < 4.78 is 13.9. The van der Waals surface area contributed by atoms with E-state index >= 15 is 0 Å². The van der Waals surface area contributed by atoms with Crippen LogP contribution in [0.15, 0.2) is 22.7 Å². The Labute approximate surface area is 117 Å². The van der Waals surface area contributed by atoms with Gasteiger partial charge in [-0.15, -0.1) is 0 Å². The van der Waals surface area contributed by atoms with Gasteiger partial charge < -0.3 is 4.90 Å². The maximum Gasteiger partial charge on any atom is 0.228 e. The molecule has 2 rings (SSSR count). The lowest BCUT2D eigenvalue weighted by Gasteiger charge is -2.18. The summed E-state index contributed by atoms with van der Waals surface area (Å²) in [5, 5.41) is -0.0573. The summed E-state index contributed by atoms with van der Waals surface area (Å²) in [4.78, 5) is 24.4. The van der Waals surface area contributed by atoms with Crippen molar-refractivity contribution in [2.45, 2.75) is 18.6 Å². The van der Waals surface area contributed by atoms with Crippen LogP contribution in [-0.4, -0.2) is 22.8 Å². The van der Waals surface area contributed by atoms with E-state index in [0.717, 1.165) is 11.8 Å². The molecule has 1 atom stereocenters. The molecule has 0 radical (unpaired) electrons. The molecule has 1 aliphatic heterocycles. The van der Waals surface area contributed by atoms with E-state index < -0.39 is 0 Å². The van der Waals surface area contributed by atoms with Gasteiger partial charge in [0.2, 0.25) is 5.91 Å². The number of rotatable bonds is 2. The van der Waals surface area contributed by atoms with Gasteiger partial charge in [-0.1, -0.05) is 11.8 Å². The molecule has 1 fully saturated rings. The fourth-order valence-electron chi connectivity index (χ4n) is 1.91. The quantitative estimate of drug-likeness (QED) is 0.836. The van der Waals surface area contributed by atoms with Crippen molar-refractivity contribution in [3.63, 3.8) is 0 Å². The van der Waals surface area contributed by atoms with E-state index in [2.05, 4.69) is 15.9 Å².